The average Bonchev–Trinajstić information content (AvgIpc) is 2.77. The third-order valence-electron chi connectivity index (χ3n) is 6.08. The number of benzene rings is 1. The van der Waals surface area contributed by atoms with E-state index < -0.39 is 34.9 Å². The predicted octanol–water partition coefficient (Wildman–Crippen LogP) is 2.37. The van der Waals surface area contributed by atoms with Crippen molar-refractivity contribution in [2.45, 2.75) is 56.3 Å². The molecule has 1 atom stereocenters. The van der Waals surface area contributed by atoms with E-state index >= 15 is 0 Å². The zero-order valence-electron chi connectivity index (χ0n) is 18.1. The van der Waals surface area contributed by atoms with Crippen molar-refractivity contribution in [2.24, 2.45) is 5.10 Å². The highest BCUT2D eigenvalue weighted by Crippen LogP contribution is 2.45. The second-order valence-corrected chi connectivity index (χ2v) is 8.90. The highest BCUT2D eigenvalue weighted by molar-refractivity contribution is 9.10. The van der Waals surface area contributed by atoms with Gasteiger partial charge in [0, 0.05) is 25.8 Å². The maximum absolute atomic E-state index is 14.2. The average molecular weight is 513 g/mol. The third kappa shape index (κ3) is 4.78. The smallest absolute Gasteiger partial charge is 0.428 e. The van der Waals surface area contributed by atoms with Gasteiger partial charge in [-0.25, -0.2) is 14.6 Å². The van der Waals surface area contributed by atoms with Crippen LogP contribution < -0.4 is 16.1 Å². The lowest BCUT2D eigenvalue weighted by Gasteiger charge is -2.47. The van der Waals surface area contributed by atoms with Gasteiger partial charge < -0.3 is 20.1 Å². The largest absolute Gasteiger partial charge is 0.435 e. The predicted molar refractivity (Wildman–Crippen MR) is 117 cm³/mol. The second kappa shape index (κ2) is 9.53. The zero-order valence-corrected chi connectivity index (χ0v) is 19.7. The number of carbonyl (C=O) groups is 3. The highest BCUT2D eigenvalue weighted by Gasteiger charge is 2.51. The van der Waals surface area contributed by atoms with Crippen LogP contribution in [-0.2, 0) is 19.1 Å². The molecule has 3 rings (SSSR count). The van der Waals surface area contributed by atoms with Gasteiger partial charge in [-0.05, 0) is 61.0 Å². The number of amides is 3. The molecule has 2 aliphatic rings. The van der Waals surface area contributed by atoms with E-state index in [0.717, 1.165) is 0 Å². The van der Waals surface area contributed by atoms with Gasteiger partial charge in [0.2, 0.25) is 0 Å². The van der Waals surface area contributed by atoms with E-state index in [0.29, 0.717) is 43.4 Å². The van der Waals surface area contributed by atoms with E-state index in [1.165, 1.54) is 13.1 Å². The molecule has 0 unspecified atom stereocenters. The van der Waals surface area contributed by atoms with Crippen molar-refractivity contribution in [3.8, 4) is 0 Å². The van der Waals surface area contributed by atoms with Crippen LogP contribution in [0.1, 0.15) is 44.6 Å². The Morgan fingerprint density at radius 1 is 1.31 bits per heavy atom. The fourth-order valence-electron chi connectivity index (χ4n) is 4.40. The van der Waals surface area contributed by atoms with Crippen LogP contribution in [0.4, 0.5) is 9.18 Å². The lowest BCUT2D eigenvalue weighted by atomic mass is 9.70. The number of hydrogen-bond donors (Lipinski definition) is 3. The van der Waals surface area contributed by atoms with Crippen LogP contribution >= 0.6 is 15.9 Å². The van der Waals surface area contributed by atoms with Gasteiger partial charge in [0.1, 0.15) is 11.5 Å². The molecule has 1 aliphatic carbocycles. The Morgan fingerprint density at radius 2 is 2.00 bits per heavy atom. The summed E-state index contributed by atoms with van der Waals surface area (Å²) < 4.78 is 26.0. The molecular formula is C21H26BrFN4O5. The number of nitrogens with zero attached hydrogens (tertiary/aromatic N) is 1. The molecule has 1 heterocycles. The number of nitrogens with one attached hydrogen (secondary N) is 3. The number of methoxy groups -OCH3 is 1. The van der Waals surface area contributed by atoms with Gasteiger partial charge in [0.25, 0.3) is 0 Å². The third-order valence-corrected chi connectivity index (χ3v) is 6.88. The van der Waals surface area contributed by atoms with Crippen molar-refractivity contribution in [1.29, 1.82) is 0 Å². The molecular weight excluding hydrogens is 487 g/mol. The minimum atomic E-state index is -1.03. The summed E-state index contributed by atoms with van der Waals surface area (Å²) in [5, 5.41) is 9.17. The number of likely N-dealkylation sites (N-methyl/N-ethyl adjacent to an activating group) is 1. The molecule has 32 heavy (non-hydrogen) atoms. The first kappa shape index (κ1) is 24.1. The number of carbonyl (C=O) groups excluding carboxylic acids is 3. The molecule has 0 bridgehead atoms. The number of hydrazone groups is 1. The summed E-state index contributed by atoms with van der Waals surface area (Å²) in [6.45, 7) is 1.80. The molecule has 1 fully saturated rings. The molecule has 0 saturated heterocycles. The van der Waals surface area contributed by atoms with Crippen LogP contribution in [0.5, 0.6) is 0 Å². The molecule has 1 aliphatic heterocycles. The van der Waals surface area contributed by atoms with E-state index in [-0.39, 0.29) is 10.5 Å². The van der Waals surface area contributed by atoms with Crippen LogP contribution in [0.3, 0.4) is 0 Å². The van der Waals surface area contributed by atoms with E-state index in [2.05, 4.69) is 37.1 Å². The molecule has 1 spiro atoms. The summed E-state index contributed by atoms with van der Waals surface area (Å²) in [6, 6.07) is 4.29. The summed E-state index contributed by atoms with van der Waals surface area (Å²) in [6.07, 6.45) is 1.59. The molecule has 0 radical (unpaired) electrons. The Hall–Kier alpha value is -2.53. The van der Waals surface area contributed by atoms with Gasteiger partial charge in [-0.15, -0.1) is 0 Å². The van der Waals surface area contributed by atoms with Crippen molar-refractivity contribution < 1.29 is 28.2 Å². The van der Waals surface area contributed by atoms with Crippen LogP contribution in [0, 0.1) is 5.82 Å². The van der Waals surface area contributed by atoms with Crippen LogP contribution in [0.15, 0.2) is 27.8 Å². The maximum Gasteiger partial charge on any atom is 0.428 e. The second-order valence-electron chi connectivity index (χ2n) is 8.10. The number of ether oxygens (including phenoxy) is 2. The van der Waals surface area contributed by atoms with Crippen LogP contribution in [0.2, 0.25) is 0 Å². The van der Waals surface area contributed by atoms with Crippen LogP contribution in [-0.4, -0.2) is 55.0 Å². The summed E-state index contributed by atoms with van der Waals surface area (Å²) in [4.78, 5) is 35.4. The van der Waals surface area contributed by atoms with Gasteiger partial charge in [0.05, 0.1) is 10.1 Å². The lowest BCUT2D eigenvalue weighted by molar-refractivity contribution is -0.139. The van der Waals surface area contributed by atoms with Crippen molar-refractivity contribution >= 4 is 39.5 Å². The fraction of sp³-hybridized carbons (Fsp3) is 0.524. The van der Waals surface area contributed by atoms with Gasteiger partial charge in [-0.3, -0.25) is 9.59 Å². The van der Waals surface area contributed by atoms with E-state index in [9.17, 15) is 18.8 Å². The molecule has 11 heteroatoms. The van der Waals surface area contributed by atoms with Gasteiger partial charge >= 0.3 is 17.9 Å². The van der Waals surface area contributed by atoms with Gasteiger partial charge in [0.15, 0.2) is 5.60 Å². The molecule has 3 amide bonds. The number of halogens is 2. The Bertz CT molecular complexity index is 946. The molecule has 1 aromatic carbocycles. The SMILES string of the molecule is CNC(=O)C(=O)N[C@@H](C)CC1(OC)CCC2(CC1)OC(=O)NN=C2c1cccc(F)c1Br. The monoisotopic (exact) mass is 512 g/mol. The maximum atomic E-state index is 14.2. The van der Waals surface area contributed by atoms with Gasteiger partial charge in [-0.2, -0.15) is 5.10 Å². The fourth-order valence-corrected chi connectivity index (χ4v) is 4.85. The summed E-state index contributed by atoms with van der Waals surface area (Å²) >= 11 is 3.27. The zero-order chi connectivity index (χ0) is 23.5. The van der Waals surface area contributed by atoms with E-state index in [1.807, 2.05) is 0 Å². The molecule has 1 aromatic rings. The van der Waals surface area contributed by atoms with Gasteiger partial charge in [-0.1, -0.05) is 12.1 Å². The first-order valence-electron chi connectivity index (χ1n) is 10.2. The first-order chi connectivity index (χ1) is 15.1. The lowest BCUT2D eigenvalue weighted by Crippen LogP contribution is -2.56. The van der Waals surface area contributed by atoms with E-state index in [4.69, 9.17) is 9.47 Å². The van der Waals surface area contributed by atoms with Crippen molar-refractivity contribution in [3.05, 3.63) is 34.1 Å². The molecule has 3 N–H and O–H groups in total. The Kier molecular flexibility index (Phi) is 7.19. The van der Waals surface area contributed by atoms with Crippen molar-refractivity contribution in [2.75, 3.05) is 14.2 Å². The standard InChI is InChI=1S/C21H26BrFN4O5/c1-12(25-18(29)17(28)24-2)11-20(31-3)7-9-21(10-8-20)16(26-27-19(30)32-21)13-5-4-6-14(23)15(13)22/h4-6,12H,7-11H2,1-3H3,(H,24,28)(H,25,29)(H,27,30)/t12-,20?,21?/m0/s1. The Balaban J connectivity index is 1.80. The summed E-state index contributed by atoms with van der Waals surface area (Å²) in [5.74, 6) is -1.87. The van der Waals surface area contributed by atoms with Crippen LogP contribution in [0.25, 0.3) is 0 Å². The normalized spacial score (nSPS) is 25.9. The first-order valence-corrected chi connectivity index (χ1v) is 11.0. The molecule has 9 nitrogen and oxygen atoms in total. The number of hydrogen-bond acceptors (Lipinski definition) is 6. The summed E-state index contributed by atoms with van der Waals surface area (Å²) in [7, 11) is 2.98. The van der Waals surface area contributed by atoms with E-state index in [1.54, 1.807) is 26.2 Å². The minimum absolute atomic E-state index is 0.243. The topological polar surface area (TPSA) is 118 Å². The minimum Gasteiger partial charge on any atom is -0.435 e. The quantitative estimate of drug-likeness (QED) is 0.523. The summed E-state index contributed by atoms with van der Waals surface area (Å²) in [5.41, 5.74) is 1.63. The molecule has 174 valence electrons. The van der Waals surface area contributed by atoms with Crippen molar-refractivity contribution in [3.63, 3.8) is 0 Å². The number of rotatable bonds is 5. The Morgan fingerprint density at radius 3 is 2.62 bits per heavy atom. The Labute approximate surface area is 193 Å². The van der Waals surface area contributed by atoms with Crippen molar-refractivity contribution in [1.82, 2.24) is 16.1 Å². The molecule has 1 saturated carbocycles. The molecule has 0 aromatic heterocycles. The highest BCUT2D eigenvalue weighted by atomic mass is 79.9.